The molecule has 0 bridgehead atoms. The molecule has 0 heterocycles. The summed E-state index contributed by atoms with van der Waals surface area (Å²) in [6, 6.07) is 3.15. The van der Waals surface area contributed by atoms with Crippen molar-refractivity contribution in [2.24, 2.45) is 0 Å². The summed E-state index contributed by atoms with van der Waals surface area (Å²) in [5, 5.41) is 10.6. The summed E-state index contributed by atoms with van der Waals surface area (Å²) >= 11 is 0. The van der Waals surface area contributed by atoms with Gasteiger partial charge >= 0.3 is 0 Å². The quantitative estimate of drug-likeness (QED) is 0.653. The molecule has 0 aromatic heterocycles. The largest absolute Gasteiger partial charge is 0.382 e. The Morgan fingerprint density at radius 2 is 1.74 bits per heavy atom. The lowest BCUT2D eigenvalue weighted by Crippen LogP contribution is -2.39. The molecular weight excluding hydrogens is 243 g/mol. The maximum absolute atomic E-state index is 14.1. The Morgan fingerprint density at radius 1 is 1.16 bits per heavy atom. The molecule has 1 aromatic rings. The van der Waals surface area contributed by atoms with Gasteiger partial charge in [0, 0.05) is 0 Å². The smallest absolute Gasteiger partial charge is 0.197 e. The van der Waals surface area contributed by atoms with Gasteiger partial charge in [-0.1, -0.05) is 31.7 Å². The van der Waals surface area contributed by atoms with Crippen molar-refractivity contribution < 1.29 is 14.3 Å². The minimum absolute atomic E-state index is 0.0648. The molecule has 0 unspecified atom stereocenters. The first-order valence-electron chi connectivity index (χ1n) is 6.98. The van der Waals surface area contributed by atoms with E-state index >= 15 is 0 Å². The van der Waals surface area contributed by atoms with E-state index in [-0.39, 0.29) is 5.56 Å². The molecule has 1 aromatic carbocycles. The summed E-state index contributed by atoms with van der Waals surface area (Å²) in [6.07, 6.45) is 4.61. The van der Waals surface area contributed by atoms with Crippen LogP contribution in [-0.2, 0) is 0 Å². The Labute approximate surface area is 113 Å². The number of halogens is 1. The van der Waals surface area contributed by atoms with E-state index in [9.17, 15) is 14.3 Å². The highest BCUT2D eigenvalue weighted by Crippen LogP contribution is 2.32. The van der Waals surface area contributed by atoms with Crippen LogP contribution in [0, 0.1) is 19.7 Å². The third-order valence-electron chi connectivity index (χ3n) is 4.01. The fourth-order valence-corrected chi connectivity index (χ4v) is 2.98. The standard InChI is InChI=1S/C16H21FO2/c1-11-9-12(2)14(13(17)10-11)15(18)16(19)7-5-3-4-6-8-16/h9-10,19H,3-8H2,1-2H3. The van der Waals surface area contributed by atoms with Crippen LogP contribution in [0.2, 0.25) is 0 Å². The molecule has 2 rings (SSSR count). The first-order chi connectivity index (χ1) is 8.94. The van der Waals surface area contributed by atoms with Gasteiger partial charge in [0.25, 0.3) is 0 Å². The van der Waals surface area contributed by atoms with Crippen molar-refractivity contribution in [1.29, 1.82) is 0 Å². The minimum atomic E-state index is -1.38. The van der Waals surface area contributed by atoms with Crippen LogP contribution in [0.15, 0.2) is 12.1 Å². The summed E-state index contributed by atoms with van der Waals surface area (Å²) < 4.78 is 14.1. The van der Waals surface area contributed by atoms with Gasteiger partial charge in [0.05, 0.1) is 5.56 Å². The van der Waals surface area contributed by atoms with Gasteiger partial charge in [-0.05, 0) is 43.9 Å². The second-order valence-corrected chi connectivity index (χ2v) is 5.71. The van der Waals surface area contributed by atoms with Gasteiger partial charge in [-0.15, -0.1) is 0 Å². The summed E-state index contributed by atoms with van der Waals surface area (Å²) in [4.78, 5) is 12.5. The van der Waals surface area contributed by atoms with E-state index in [1.54, 1.807) is 19.9 Å². The molecule has 1 saturated carbocycles. The van der Waals surface area contributed by atoms with Crippen LogP contribution in [0.4, 0.5) is 4.39 Å². The number of carbonyl (C=O) groups is 1. The van der Waals surface area contributed by atoms with Crippen LogP contribution in [0.3, 0.4) is 0 Å². The fraction of sp³-hybridized carbons (Fsp3) is 0.562. The molecule has 1 fully saturated rings. The van der Waals surface area contributed by atoms with E-state index in [1.165, 1.54) is 6.07 Å². The molecule has 1 N–H and O–H groups in total. The van der Waals surface area contributed by atoms with Gasteiger partial charge in [0.1, 0.15) is 11.4 Å². The molecule has 3 heteroatoms. The maximum atomic E-state index is 14.1. The lowest BCUT2D eigenvalue weighted by molar-refractivity contribution is 0.0233. The van der Waals surface area contributed by atoms with Crippen molar-refractivity contribution in [3.8, 4) is 0 Å². The molecule has 0 saturated heterocycles. The molecule has 2 nitrogen and oxygen atoms in total. The third kappa shape index (κ3) is 2.86. The van der Waals surface area contributed by atoms with E-state index in [0.717, 1.165) is 31.2 Å². The van der Waals surface area contributed by atoms with Crippen LogP contribution in [0.1, 0.15) is 60.0 Å². The van der Waals surface area contributed by atoms with Gasteiger partial charge in [0.2, 0.25) is 0 Å². The second-order valence-electron chi connectivity index (χ2n) is 5.71. The highest BCUT2D eigenvalue weighted by Gasteiger charge is 2.38. The maximum Gasteiger partial charge on any atom is 0.197 e. The Bertz CT molecular complexity index is 463. The van der Waals surface area contributed by atoms with E-state index in [1.807, 2.05) is 0 Å². The number of aryl methyl sites for hydroxylation is 2. The molecule has 0 spiro atoms. The molecule has 1 aliphatic rings. The Kier molecular flexibility index (Phi) is 4.04. The number of rotatable bonds is 2. The number of hydrogen-bond donors (Lipinski definition) is 1. The van der Waals surface area contributed by atoms with Crippen molar-refractivity contribution >= 4 is 5.78 Å². The zero-order valence-corrected chi connectivity index (χ0v) is 11.6. The average Bonchev–Trinajstić information content (AvgIpc) is 2.53. The molecule has 0 aliphatic heterocycles. The highest BCUT2D eigenvalue weighted by atomic mass is 19.1. The number of ketones is 1. The first kappa shape index (κ1) is 14.2. The molecule has 1 aliphatic carbocycles. The van der Waals surface area contributed by atoms with Crippen molar-refractivity contribution in [2.45, 2.75) is 58.0 Å². The fourth-order valence-electron chi connectivity index (χ4n) is 2.98. The van der Waals surface area contributed by atoms with Crippen LogP contribution >= 0.6 is 0 Å². The van der Waals surface area contributed by atoms with Crippen LogP contribution in [-0.4, -0.2) is 16.5 Å². The lowest BCUT2D eigenvalue weighted by atomic mass is 9.84. The van der Waals surface area contributed by atoms with Crippen molar-refractivity contribution in [3.63, 3.8) is 0 Å². The van der Waals surface area contributed by atoms with E-state index in [4.69, 9.17) is 0 Å². The molecule has 104 valence electrons. The predicted molar refractivity (Wildman–Crippen MR) is 72.9 cm³/mol. The summed E-state index contributed by atoms with van der Waals surface area (Å²) in [6.45, 7) is 3.52. The molecular formula is C16H21FO2. The third-order valence-corrected chi connectivity index (χ3v) is 4.01. The molecule has 0 radical (unpaired) electrons. The zero-order chi connectivity index (χ0) is 14.0. The highest BCUT2D eigenvalue weighted by molar-refractivity contribution is 6.03. The zero-order valence-electron chi connectivity index (χ0n) is 11.6. The van der Waals surface area contributed by atoms with Crippen molar-refractivity contribution in [1.82, 2.24) is 0 Å². The predicted octanol–water partition coefficient (Wildman–Crippen LogP) is 3.71. The first-order valence-corrected chi connectivity index (χ1v) is 6.98. The van der Waals surface area contributed by atoms with Crippen molar-refractivity contribution in [3.05, 3.63) is 34.6 Å². The number of carbonyl (C=O) groups excluding carboxylic acids is 1. The van der Waals surface area contributed by atoms with Crippen LogP contribution < -0.4 is 0 Å². The summed E-state index contributed by atoms with van der Waals surface area (Å²) in [5.74, 6) is -0.954. The van der Waals surface area contributed by atoms with Crippen molar-refractivity contribution in [2.75, 3.05) is 0 Å². The number of Topliss-reactive ketones (excluding diaryl/α,β-unsaturated/α-hetero) is 1. The topological polar surface area (TPSA) is 37.3 Å². The second kappa shape index (κ2) is 5.41. The Balaban J connectivity index is 2.38. The average molecular weight is 264 g/mol. The van der Waals surface area contributed by atoms with Crippen LogP contribution in [0.5, 0.6) is 0 Å². The minimum Gasteiger partial charge on any atom is -0.382 e. The number of aliphatic hydroxyl groups is 1. The summed E-state index contributed by atoms with van der Waals surface area (Å²) in [7, 11) is 0. The Hall–Kier alpha value is -1.22. The van der Waals surface area contributed by atoms with Gasteiger partial charge < -0.3 is 5.11 Å². The van der Waals surface area contributed by atoms with Gasteiger partial charge in [0.15, 0.2) is 5.78 Å². The summed E-state index contributed by atoms with van der Waals surface area (Å²) in [5.41, 5.74) is 0.0896. The molecule has 0 atom stereocenters. The van der Waals surface area contributed by atoms with Gasteiger partial charge in [-0.25, -0.2) is 4.39 Å². The number of hydrogen-bond acceptors (Lipinski definition) is 2. The normalized spacial score (nSPS) is 18.9. The van der Waals surface area contributed by atoms with E-state index < -0.39 is 17.2 Å². The van der Waals surface area contributed by atoms with Crippen LogP contribution in [0.25, 0.3) is 0 Å². The van der Waals surface area contributed by atoms with Gasteiger partial charge in [-0.3, -0.25) is 4.79 Å². The van der Waals surface area contributed by atoms with E-state index in [2.05, 4.69) is 0 Å². The monoisotopic (exact) mass is 264 g/mol. The van der Waals surface area contributed by atoms with Gasteiger partial charge in [-0.2, -0.15) is 0 Å². The number of benzene rings is 1. The molecule has 19 heavy (non-hydrogen) atoms. The SMILES string of the molecule is Cc1cc(C)c(C(=O)C2(O)CCCCCC2)c(F)c1. The molecule has 0 amide bonds. The van der Waals surface area contributed by atoms with E-state index in [0.29, 0.717) is 18.4 Å². The Morgan fingerprint density at radius 3 is 2.26 bits per heavy atom. The lowest BCUT2D eigenvalue weighted by Gasteiger charge is -2.26.